The van der Waals surface area contributed by atoms with Crippen LogP contribution in [0.5, 0.6) is 5.75 Å². The molecule has 2 aromatic heterocycles. The van der Waals surface area contributed by atoms with E-state index in [2.05, 4.69) is 51.5 Å². The number of aromatic nitrogens is 2. The van der Waals surface area contributed by atoms with E-state index in [-0.39, 0.29) is 11.9 Å². The highest BCUT2D eigenvalue weighted by atomic mass is 32.1. The topological polar surface area (TPSA) is 94.6 Å². The summed E-state index contributed by atoms with van der Waals surface area (Å²) in [5.41, 5.74) is 2.90. The van der Waals surface area contributed by atoms with Gasteiger partial charge in [-0.1, -0.05) is 6.58 Å². The molecule has 1 aromatic carbocycles. The molecular formula is C27H35N7O2S. The molecule has 0 atom stereocenters. The van der Waals surface area contributed by atoms with Crippen molar-refractivity contribution >= 4 is 50.6 Å². The lowest BCUT2D eigenvalue weighted by atomic mass is 9.91. The molecule has 0 spiro atoms. The Labute approximate surface area is 221 Å². The van der Waals surface area contributed by atoms with E-state index in [1.807, 2.05) is 17.5 Å². The van der Waals surface area contributed by atoms with E-state index in [0.29, 0.717) is 12.0 Å². The first-order chi connectivity index (χ1) is 18.0. The van der Waals surface area contributed by atoms with Crippen LogP contribution in [0.25, 0.3) is 10.2 Å². The van der Waals surface area contributed by atoms with Crippen molar-refractivity contribution in [2.75, 3.05) is 55.9 Å². The van der Waals surface area contributed by atoms with Crippen LogP contribution >= 0.6 is 11.3 Å². The molecule has 1 amide bonds. The second-order valence-corrected chi connectivity index (χ2v) is 10.7. The van der Waals surface area contributed by atoms with Gasteiger partial charge in [0.15, 0.2) is 0 Å². The van der Waals surface area contributed by atoms with Crippen LogP contribution in [-0.4, -0.2) is 73.2 Å². The summed E-state index contributed by atoms with van der Waals surface area (Å²) in [5, 5.41) is 12.1. The van der Waals surface area contributed by atoms with E-state index in [1.54, 1.807) is 18.4 Å². The van der Waals surface area contributed by atoms with Crippen molar-refractivity contribution < 1.29 is 9.53 Å². The van der Waals surface area contributed by atoms with Crippen molar-refractivity contribution in [1.82, 2.24) is 20.2 Å². The Morgan fingerprint density at radius 1 is 1.11 bits per heavy atom. The summed E-state index contributed by atoms with van der Waals surface area (Å²) in [4.78, 5) is 26.0. The van der Waals surface area contributed by atoms with Crippen molar-refractivity contribution in [2.24, 2.45) is 0 Å². The Morgan fingerprint density at radius 3 is 2.59 bits per heavy atom. The summed E-state index contributed by atoms with van der Waals surface area (Å²) in [7, 11) is 3.85. The molecule has 2 aliphatic rings. The Kier molecular flexibility index (Phi) is 7.76. The Hall–Kier alpha value is -3.37. The number of carbonyl (C=O) groups excluding carboxylic acids is 1. The van der Waals surface area contributed by atoms with Crippen LogP contribution in [-0.2, 0) is 4.79 Å². The van der Waals surface area contributed by atoms with Gasteiger partial charge in [0.2, 0.25) is 11.9 Å². The zero-order valence-electron chi connectivity index (χ0n) is 21.5. The highest BCUT2D eigenvalue weighted by molar-refractivity contribution is 7.17. The molecule has 9 nitrogen and oxygen atoms in total. The number of thiophene rings is 1. The highest BCUT2D eigenvalue weighted by Crippen LogP contribution is 2.34. The normalized spacial score (nSPS) is 20.4. The van der Waals surface area contributed by atoms with Crippen LogP contribution < -0.4 is 25.6 Å². The maximum absolute atomic E-state index is 11.6. The van der Waals surface area contributed by atoms with Crippen molar-refractivity contribution in [3.8, 4) is 5.75 Å². The molecule has 1 aliphatic carbocycles. The number of benzene rings is 1. The standard InChI is InChI=1S/C27H35N7O2S/c1-4-24(35)28-18-5-7-19(8-6-18)29-26-25-22(11-16-37-25)31-27(32-26)30-21-10-9-20(17-23(21)36-3)34-14-12-33(2)13-15-34/h4,9-11,16-19H,1,5-8,12-15H2,2-3H3,(H,28,35)(H2,29,30,31,32)/t18-,19+. The first-order valence-corrected chi connectivity index (χ1v) is 13.7. The molecular weight excluding hydrogens is 486 g/mol. The zero-order chi connectivity index (χ0) is 25.8. The second-order valence-electron chi connectivity index (χ2n) is 9.74. The van der Waals surface area contributed by atoms with Gasteiger partial charge < -0.3 is 30.5 Å². The molecule has 3 N–H and O–H groups in total. The van der Waals surface area contributed by atoms with Crippen molar-refractivity contribution in [2.45, 2.75) is 37.8 Å². The molecule has 196 valence electrons. The number of piperazine rings is 1. The number of amides is 1. The molecule has 2 fully saturated rings. The molecule has 0 unspecified atom stereocenters. The van der Waals surface area contributed by atoms with Crippen LogP contribution in [0.1, 0.15) is 25.7 Å². The summed E-state index contributed by atoms with van der Waals surface area (Å²) in [6, 6.07) is 8.77. The molecule has 1 saturated heterocycles. The fraction of sp³-hybridized carbons (Fsp3) is 0.444. The van der Waals surface area contributed by atoms with Crippen molar-refractivity contribution in [3.05, 3.63) is 42.3 Å². The van der Waals surface area contributed by atoms with Crippen LogP contribution in [0.3, 0.4) is 0 Å². The highest BCUT2D eigenvalue weighted by Gasteiger charge is 2.23. The molecule has 10 heteroatoms. The molecule has 0 radical (unpaired) electrons. The van der Waals surface area contributed by atoms with Gasteiger partial charge in [0.1, 0.15) is 11.6 Å². The van der Waals surface area contributed by atoms with E-state index < -0.39 is 0 Å². The third-order valence-electron chi connectivity index (χ3n) is 7.20. The lowest BCUT2D eigenvalue weighted by Gasteiger charge is -2.34. The number of fused-ring (bicyclic) bond motifs is 1. The van der Waals surface area contributed by atoms with Crippen molar-refractivity contribution in [3.63, 3.8) is 0 Å². The summed E-state index contributed by atoms with van der Waals surface area (Å²) in [5.74, 6) is 2.04. The number of likely N-dealkylation sites (N-methyl/N-ethyl adjacent to an activating group) is 1. The number of carbonyl (C=O) groups is 1. The second kappa shape index (κ2) is 11.4. The van der Waals surface area contributed by atoms with Gasteiger partial charge in [0.05, 0.1) is 23.0 Å². The number of hydrogen-bond donors (Lipinski definition) is 3. The number of anilines is 4. The van der Waals surface area contributed by atoms with Crippen molar-refractivity contribution in [1.29, 1.82) is 0 Å². The number of nitrogens with zero attached hydrogens (tertiary/aromatic N) is 4. The zero-order valence-corrected chi connectivity index (χ0v) is 22.3. The summed E-state index contributed by atoms with van der Waals surface area (Å²) in [6.07, 6.45) is 5.12. The molecule has 0 bridgehead atoms. The lowest BCUT2D eigenvalue weighted by molar-refractivity contribution is -0.117. The van der Waals surface area contributed by atoms with Crippen LogP contribution in [0, 0.1) is 0 Å². The van der Waals surface area contributed by atoms with E-state index >= 15 is 0 Å². The first kappa shape index (κ1) is 25.3. The molecule has 1 aliphatic heterocycles. The molecule has 5 rings (SSSR count). The van der Waals surface area contributed by atoms with Gasteiger partial charge in [-0.05, 0) is 62.4 Å². The Bertz CT molecular complexity index is 1250. The molecule has 37 heavy (non-hydrogen) atoms. The van der Waals surface area contributed by atoms with Gasteiger partial charge in [-0.3, -0.25) is 4.79 Å². The third-order valence-corrected chi connectivity index (χ3v) is 8.11. The molecule has 3 aromatic rings. The largest absolute Gasteiger partial charge is 0.494 e. The van der Waals surface area contributed by atoms with Crippen LogP contribution in [0.4, 0.5) is 23.1 Å². The average Bonchev–Trinajstić information content (AvgIpc) is 3.39. The number of nitrogens with one attached hydrogen (secondary N) is 3. The number of hydrogen-bond acceptors (Lipinski definition) is 9. The van der Waals surface area contributed by atoms with Crippen LogP contribution in [0.2, 0.25) is 0 Å². The number of rotatable bonds is 8. The summed E-state index contributed by atoms with van der Waals surface area (Å²) < 4.78 is 6.78. The average molecular weight is 522 g/mol. The quantitative estimate of drug-likeness (QED) is 0.380. The minimum Gasteiger partial charge on any atom is -0.494 e. The Balaban J connectivity index is 1.30. The fourth-order valence-corrected chi connectivity index (χ4v) is 5.80. The van der Waals surface area contributed by atoms with E-state index in [0.717, 1.165) is 85.0 Å². The molecule has 1 saturated carbocycles. The number of ether oxygens (including phenoxy) is 1. The maximum atomic E-state index is 11.6. The van der Waals surface area contributed by atoms with Gasteiger partial charge in [0, 0.05) is 50.0 Å². The van der Waals surface area contributed by atoms with E-state index in [1.165, 1.54) is 6.08 Å². The predicted octanol–water partition coefficient (Wildman–Crippen LogP) is 4.22. The van der Waals surface area contributed by atoms with E-state index in [9.17, 15) is 4.79 Å². The Morgan fingerprint density at radius 2 is 1.86 bits per heavy atom. The van der Waals surface area contributed by atoms with Gasteiger partial charge in [-0.15, -0.1) is 11.3 Å². The smallest absolute Gasteiger partial charge is 0.243 e. The SMILES string of the molecule is C=CC(=O)N[C@H]1CC[C@@H](Nc2nc(Nc3ccc(N4CCN(C)CC4)cc3OC)nc3ccsc23)CC1. The van der Waals surface area contributed by atoms with Crippen LogP contribution in [0.15, 0.2) is 42.3 Å². The monoisotopic (exact) mass is 521 g/mol. The van der Waals surface area contributed by atoms with Gasteiger partial charge in [-0.2, -0.15) is 4.98 Å². The number of methoxy groups -OCH3 is 1. The van der Waals surface area contributed by atoms with Gasteiger partial charge in [-0.25, -0.2) is 4.98 Å². The first-order valence-electron chi connectivity index (χ1n) is 12.9. The fourth-order valence-electron chi connectivity index (χ4n) is 5.02. The predicted molar refractivity (Wildman–Crippen MR) is 151 cm³/mol. The van der Waals surface area contributed by atoms with E-state index in [4.69, 9.17) is 14.7 Å². The lowest BCUT2D eigenvalue weighted by Crippen LogP contribution is -2.44. The third kappa shape index (κ3) is 5.97. The maximum Gasteiger partial charge on any atom is 0.243 e. The van der Waals surface area contributed by atoms with Gasteiger partial charge >= 0.3 is 0 Å². The van der Waals surface area contributed by atoms with Gasteiger partial charge in [0.25, 0.3) is 0 Å². The minimum atomic E-state index is -0.102. The summed E-state index contributed by atoms with van der Waals surface area (Å²) >= 11 is 1.64. The minimum absolute atomic E-state index is 0.102. The molecule has 3 heterocycles. The summed E-state index contributed by atoms with van der Waals surface area (Å²) in [6.45, 7) is 7.65.